The molecule has 1 atom stereocenters. The van der Waals surface area contributed by atoms with Crippen LogP contribution in [0.2, 0.25) is 0 Å². The molecule has 0 spiro atoms. The second-order valence-electron chi connectivity index (χ2n) is 9.59. The van der Waals surface area contributed by atoms with E-state index in [9.17, 15) is 18.0 Å². The molecule has 0 radical (unpaired) electrons. The van der Waals surface area contributed by atoms with E-state index in [0.29, 0.717) is 19.4 Å². The summed E-state index contributed by atoms with van der Waals surface area (Å²) in [6, 6.07) is 17.8. The number of nitrogens with zero attached hydrogens (tertiary/aromatic N) is 2. The Labute approximate surface area is 215 Å². The molecule has 0 bridgehead atoms. The molecule has 0 heterocycles. The summed E-state index contributed by atoms with van der Waals surface area (Å²) in [5, 5.41) is 3.14. The van der Waals surface area contributed by atoms with Crippen molar-refractivity contribution >= 4 is 21.8 Å². The van der Waals surface area contributed by atoms with Gasteiger partial charge in [-0.1, -0.05) is 67.8 Å². The molecule has 2 aromatic carbocycles. The van der Waals surface area contributed by atoms with Crippen molar-refractivity contribution in [1.82, 2.24) is 14.5 Å². The van der Waals surface area contributed by atoms with Gasteiger partial charge in [0.1, 0.15) is 6.04 Å². The molecule has 0 aliphatic heterocycles. The summed E-state index contributed by atoms with van der Waals surface area (Å²) in [5.41, 5.74) is 1.10. The molecular weight excluding hydrogens is 474 g/mol. The minimum atomic E-state index is -3.61. The first-order valence-electron chi connectivity index (χ1n) is 12.9. The van der Waals surface area contributed by atoms with Gasteiger partial charge in [0.15, 0.2) is 0 Å². The van der Waals surface area contributed by atoms with Crippen LogP contribution < -0.4 is 5.32 Å². The van der Waals surface area contributed by atoms with Gasteiger partial charge in [-0.3, -0.25) is 9.59 Å². The molecule has 2 amide bonds. The zero-order chi connectivity index (χ0) is 26.0. The first kappa shape index (κ1) is 27.9. The summed E-state index contributed by atoms with van der Waals surface area (Å²) in [7, 11) is -2.08. The second kappa shape index (κ2) is 13.6. The maximum absolute atomic E-state index is 13.3. The van der Waals surface area contributed by atoms with Crippen molar-refractivity contribution in [3.05, 3.63) is 66.2 Å². The number of sulfonamides is 1. The average molecular weight is 514 g/mol. The van der Waals surface area contributed by atoms with Crippen LogP contribution in [0.5, 0.6) is 0 Å². The Morgan fingerprint density at radius 2 is 1.56 bits per heavy atom. The van der Waals surface area contributed by atoms with E-state index in [4.69, 9.17) is 0 Å². The molecule has 36 heavy (non-hydrogen) atoms. The summed E-state index contributed by atoms with van der Waals surface area (Å²) >= 11 is 0. The van der Waals surface area contributed by atoms with E-state index in [1.165, 1.54) is 17.8 Å². The zero-order valence-electron chi connectivity index (χ0n) is 21.4. The Bertz CT molecular complexity index is 1070. The summed E-state index contributed by atoms with van der Waals surface area (Å²) in [6.45, 7) is 2.44. The highest BCUT2D eigenvalue weighted by atomic mass is 32.2. The summed E-state index contributed by atoms with van der Waals surface area (Å²) < 4.78 is 26.8. The third kappa shape index (κ3) is 7.90. The lowest BCUT2D eigenvalue weighted by molar-refractivity contribution is -0.140. The number of rotatable bonds is 12. The highest BCUT2D eigenvalue weighted by Crippen LogP contribution is 2.18. The predicted octanol–water partition coefficient (Wildman–Crippen LogP) is 4.00. The number of carbonyl (C=O) groups is 2. The Morgan fingerprint density at radius 1 is 0.944 bits per heavy atom. The van der Waals surface area contributed by atoms with E-state index in [2.05, 4.69) is 5.32 Å². The van der Waals surface area contributed by atoms with E-state index in [1.54, 1.807) is 42.2 Å². The lowest BCUT2D eigenvalue weighted by atomic mass is 9.95. The van der Waals surface area contributed by atoms with Crippen molar-refractivity contribution < 1.29 is 18.0 Å². The molecule has 1 fully saturated rings. The monoisotopic (exact) mass is 513 g/mol. The van der Waals surface area contributed by atoms with E-state index in [0.717, 1.165) is 31.2 Å². The van der Waals surface area contributed by atoms with Gasteiger partial charge in [0, 0.05) is 32.6 Å². The Balaban J connectivity index is 1.61. The molecule has 196 valence electrons. The Hall–Kier alpha value is -2.71. The van der Waals surface area contributed by atoms with Gasteiger partial charge < -0.3 is 10.2 Å². The highest BCUT2D eigenvalue weighted by molar-refractivity contribution is 7.89. The first-order chi connectivity index (χ1) is 17.3. The maximum atomic E-state index is 13.3. The standard InChI is InChI=1S/C28H39N3O4S/c1-23(28(33)29-25-15-8-4-9-16-25)31(22-20-24-13-6-3-7-14-24)27(32)19-12-21-30(2)36(34,35)26-17-10-5-11-18-26/h3,5-7,10-11,13-14,17-18,23,25H,4,8-9,12,15-16,19-22H2,1-2H3,(H,29,33). The molecule has 3 rings (SSSR count). The van der Waals surface area contributed by atoms with Crippen molar-refractivity contribution in [2.45, 2.75) is 75.3 Å². The van der Waals surface area contributed by atoms with Crippen molar-refractivity contribution in [3.8, 4) is 0 Å². The summed E-state index contributed by atoms with van der Waals surface area (Å²) in [6.07, 6.45) is 6.61. The minimum absolute atomic E-state index is 0.118. The molecule has 7 nitrogen and oxygen atoms in total. The van der Waals surface area contributed by atoms with Gasteiger partial charge in [-0.25, -0.2) is 12.7 Å². The molecule has 8 heteroatoms. The highest BCUT2D eigenvalue weighted by Gasteiger charge is 2.28. The normalized spacial score (nSPS) is 15.4. The van der Waals surface area contributed by atoms with Crippen LogP contribution in [-0.2, 0) is 26.0 Å². The van der Waals surface area contributed by atoms with Gasteiger partial charge >= 0.3 is 0 Å². The molecule has 0 aromatic heterocycles. The third-order valence-corrected chi connectivity index (χ3v) is 8.79. The van der Waals surface area contributed by atoms with Crippen LogP contribution in [0.15, 0.2) is 65.6 Å². The molecular formula is C28H39N3O4S. The number of carbonyl (C=O) groups excluding carboxylic acids is 2. The largest absolute Gasteiger partial charge is 0.352 e. The lowest BCUT2D eigenvalue weighted by Crippen LogP contribution is -2.51. The smallest absolute Gasteiger partial charge is 0.242 e. The van der Waals surface area contributed by atoms with Crippen LogP contribution >= 0.6 is 0 Å². The van der Waals surface area contributed by atoms with Crippen molar-refractivity contribution in [1.29, 1.82) is 0 Å². The quantitative estimate of drug-likeness (QED) is 0.465. The molecule has 1 aliphatic rings. The van der Waals surface area contributed by atoms with E-state index < -0.39 is 16.1 Å². The minimum Gasteiger partial charge on any atom is -0.352 e. The molecule has 0 saturated heterocycles. The average Bonchev–Trinajstić information content (AvgIpc) is 2.90. The zero-order valence-corrected chi connectivity index (χ0v) is 22.3. The van der Waals surface area contributed by atoms with E-state index >= 15 is 0 Å². The molecule has 2 aromatic rings. The summed E-state index contributed by atoms with van der Waals surface area (Å²) in [5.74, 6) is -0.255. The van der Waals surface area contributed by atoms with Crippen molar-refractivity contribution in [2.75, 3.05) is 20.1 Å². The van der Waals surface area contributed by atoms with Crippen LogP contribution in [0, 0.1) is 0 Å². The number of benzene rings is 2. The fraction of sp³-hybridized carbons (Fsp3) is 0.500. The third-order valence-electron chi connectivity index (χ3n) is 6.92. The SMILES string of the molecule is CC(C(=O)NC1CCCCC1)N(CCc1ccccc1)C(=O)CCCN(C)S(=O)(=O)c1ccccc1. The van der Waals surface area contributed by atoms with Crippen LogP contribution in [0.25, 0.3) is 0 Å². The van der Waals surface area contributed by atoms with Gasteiger partial charge in [0.2, 0.25) is 21.8 Å². The van der Waals surface area contributed by atoms with Crippen molar-refractivity contribution in [2.24, 2.45) is 0 Å². The molecule has 1 unspecified atom stereocenters. The first-order valence-corrected chi connectivity index (χ1v) is 14.4. The van der Waals surface area contributed by atoms with E-state index in [1.807, 2.05) is 30.3 Å². The van der Waals surface area contributed by atoms with E-state index in [-0.39, 0.29) is 35.7 Å². The predicted molar refractivity (Wildman–Crippen MR) is 142 cm³/mol. The maximum Gasteiger partial charge on any atom is 0.242 e. The molecule has 1 saturated carbocycles. The summed E-state index contributed by atoms with van der Waals surface area (Å²) in [4.78, 5) is 28.2. The van der Waals surface area contributed by atoms with Gasteiger partial charge in [-0.05, 0) is 50.3 Å². The Morgan fingerprint density at radius 3 is 2.19 bits per heavy atom. The number of hydrogen-bond acceptors (Lipinski definition) is 4. The number of amides is 2. The van der Waals surface area contributed by atoms with Gasteiger partial charge in [0.05, 0.1) is 4.90 Å². The Kier molecular flexibility index (Phi) is 10.5. The number of hydrogen-bond donors (Lipinski definition) is 1. The topological polar surface area (TPSA) is 86.8 Å². The number of nitrogens with one attached hydrogen (secondary N) is 1. The van der Waals surface area contributed by atoms with Crippen LogP contribution in [0.1, 0.15) is 57.4 Å². The van der Waals surface area contributed by atoms with Gasteiger partial charge in [-0.15, -0.1) is 0 Å². The van der Waals surface area contributed by atoms with Crippen LogP contribution in [-0.4, -0.2) is 61.7 Å². The van der Waals surface area contributed by atoms with Crippen LogP contribution in [0.4, 0.5) is 0 Å². The fourth-order valence-corrected chi connectivity index (χ4v) is 5.86. The van der Waals surface area contributed by atoms with Gasteiger partial charge in [0.25, 0.3) is 0 Å². The fourth-order valence-electron chi connectivity index (χ4n) is 4.63. The molecule has 1 N–H and O–H groups in total. The van der Waals surface area contributed by atoms with Crippen LogP contribution in [0.3, 0.4) is 0 Å². The molecule has 1 aliphatic carbocycles. The lowest BCUT2D eigenvalue weighted by Gasteiger charge is -2.31. The van der Waals surface area contributed by atoms with Gasteiger partial charge in [-0.2, -0.15) is 0 Å². The van der Waals surface area contributed by atoms with Crippen molar-refractivity contribution in [3.63, 3.8) is 0 Å². The second-order valence-corrected chi connectivity index (χ2v) is 11.6.